The zero-order chi connectivity index (χ0) is 16.9. The molecule has 24 heavy (non-hydrogen) atoms. The van der Waals surface area contributed by atoms with E-state index in [9.17, 15) is 8.42 Å². The minimum Gasteiger partial charge on any atom is -0.474 e. The number of sulfonamides is 1. The summed E-state index contributed by atoms with van der Waals surface area (Å²) >= 11 is 12.0. The monoisotopic (exact) mass is 387 g/mol. The van der Waals surface area contributed by atoms with Crippen molar-refractivity contribution < 1.29 is 22.6 Å². The second-order valence-electron chi connectivity index (χ2n) is 5.29. The van der Waals surface area contributed by atoms with Gasteiger partial charge in [-0.2, -0.15) is 4.31 Å². The van der Waals surface area contributed by atoms with E-state index in [-0.39, 0.29) is 40.8 Å². The lowest BCUT2D eigenvalue weighted by Crippen LogP contribution is -2.38. The van der Waals surface area contributed by atoms with Gasteiger partial charge in [-0.05, 0) is 29.8 Å². The molecule has 0 radical (unpaired) electrons. The normalized spacial score (nSPS) is 18.1. The molecule has 0 atom stereocenters. The first-order valence-electron chi connectivity index (χ1n) is 6.96. The summed E-state index contributed by atoms with van der Waals surface area (Å²) in [5, 5.41) is 0.402. The number of hydrogen-bond acceptors (Lipinski definition) is 5. The van der Waals surface area contributed by atoms with E-state index in [4.69, 9.17) is 37.4 Å². The van der Waals surface area contributed by atoms with Gasteiger partial charge in [0.1, 0.15) is 4.90 Å². The van der Waals surface area contributed by atoms with E-state index in [0.29, 0.717) is 11.5 Å². The highest BCUT2D eigenvalue weighted by Gasteiger charge is 2.35. The van der Waals surface area contributed by atoms with Gasteiger partial charge in [-0.3, -0.25) is 0 Å². The Morgan fingerprint density at radius 1 is 1.04 bits per heavy atom. The summed E-state index contributed by atoms with van der Waals surface area (Å²) in [6.45, 7) is 0.155. The van der Waals surface area contributed by atoms with E-state index in [0.717, 1.165) is 5.56 Å². The third-order valence-corrected chi connectivity index (χ3v) is 6.01. The number of halogens is 2. The van der Waals surface area contributed by atoms with Gasteiger partial charge in [0.15, 0.2) is 24.0 Å². The Morgan fingerprint density at radius 2 is 1.83 bits per heavy atom. The lowest BCUT2D eigenvalue weighted by molar-refractivity contribution is 0.173. The highest BCUT2D eigenvalue weighted by molar-refractivity contribution is 7.89. The van der Waals surface area contributed by atoms with E-state index in [1.807, 2.05) is 0 Å². The van der Waals surface area contributed by atoms with Gasteiger partial charge in [-0.25, -0.2) is 8.42 Å². The van der Waals surface area contributed by atoms with Gasteiger partial charge < -0.3 is 14.2 Å². The molecule has 2 aliphatic rings. The Morgan fingerprint density at radius 3 is 2.67 bits per heavy atom. The fourth-order valence-electron chi connectivity index (χ4n) is 2.59. The van der Waals surface area contributed by atoms with Crippen molar-refractivity contribution in [1.82, 2.24) is 4.31 Å². The van der Waals surface area contributed by atoms with Gasteiger partial charge in [0.05, 0.1) is 5.02 Å². The quantitative estimate of drug-likeness (QED) is 0.790. The Kier molecular flexibility index (Phi) is 3.76. The summed E-state index contributed by atoms with van der Waals surface area (Å²) in [6.07, 6.45) is 0. The molecule has 0 bridgehead atoms. The number of benzene rings is 2. The van der Waals surface area contributed by atoms with Gasteiger partial charge in [-0.1, -0.05) is 29.3 Å². The summed E-state index contributed by atoms with van der Waals surface area (Å²) in [7, 11) is -3.77. The van der Waals surface area contributed by atoms with Crippen LogP contribution in [0.3, 0.4) is 0 Å². The average Bonchev–Trinajstić information content (AvgIpc) is 2.98. The van der Waals surface area contributed by atoms with Crippen molar-refractivity contribution >= 4 is 33.2 Å². The lowest BCUT2D eigenvalue weighted by atomic mass is 10.2. The summed E-state index contributed by atoms with van der Waals surface area (Å²) in [5.74, 6) is 1.36. The molecular weight excluding hydrogens is 377 g/mol. The van der Waals surface area contributed by atoms with Crippen molar-refractivity contribution in [2.24, 2.45) is 0 Å². The molecule has 2 aliphatic heterocycles. The molecule has 0 fully saturated rings. The molecule has 0 N–H and O–H groups in total. The predicted molar refractivity (Wildman–Crippen MR) is 87.3 cm³/mol. The van der Waals surface area contributed by atoms with Crippen LogP contribution in [0.25, 0.3) is 0 Å². The van der Waals surface area contributed by atoms with Crippen LogP contribution in [0.1, 0.15) is 5.56 Å². The molecule has 9 heteroatoms. The first-order valence-corrected chi connectivity index (χ1v) is 9.15. The van der Waals surface area contributed by atoms with Crippen LogP contribution in [-0.2, 0) is 16.6 Å². The first-order chi connectivity index (χ1) is 11.4. The third-order valence-electron chi connectivity index (χ3n) is 3.74. The number of hydrogen-bond donors (Lipinski definition) is 0. The molecule has 4 rings (SSSR count). The van der Waals surface area contributed by atoms with Crippen LogP contribution < -0.4 is 14.2 Å². The van der Waals surface area contributed by atoms with Crippen molar-refractivity contribution in [3.05, 3.63) is 45.9 Å². The maximum Gasteiger partial charge on any atom is 0.249 e. The highest BCUT2D eigenvalue weighted by Crippen LogP contribution is 2.40. The van der Waals surface area contributed by atoms with E-state index < -0.39 is 10.0 Å². The van der Waals surface area contributed by atoms with Crippen molar-refractivity contribution in [3.8, 4) is 17.2 Å². The van der Waals surface area contributed by atoms with Crippen LogP contribution in [0.5, 0.6) is 17.2 Å². The van der Waals surface area contributed by atoms with Crippen LogP contribution in [-0.4, -0.2) is 26.2 Å². The van der Waals surface area contributed by atoms with Crippen molar-refractivity contribution in [1.29, 1.82) is 0 Å². The Labute approximate surface area is 148 Å². The zero-order valence-corrected chi connectivity index (χ0v) is 14.5. The maximum absolute atomic E-state index is 12.8. The summed E-state index contributed by atoms with van der Waals surface area (Å²) in [5.41, 5.74) is 0.753. The lowest BCUT2D eigenvalue weighted by Gasteiger charge is -2.29. The van der Waals surface area contributed by atoms with Crippen LogP contribution in [0.15, 0.2) is 35.2 Å². The first kappa shape index (κ1) is 15.8. The van der Waals surface area contributed by atoms with Crippen molar-refractivity contribution in [2.45, 2.75) is 11.4 Å². The van der Waals surface area contributed by atoms with Crippen LogP contribution in [0, 0.1) is 0 Å². The fraction of sp³-hybridized carbons (Fsp3) is 0.200. The Hall–Kier alpha value is -1.67. The molecule has 0 unspecified atom stereocenters. The second kappa shape index (κ2) is 5.70. The molecule has 0 amide bonds. The van der Waals surface area contributed by atoms with Gasteiger partial charge in [0, 0.05) is 11.6 Å². The van der Waals surface area contributed by atoms with Gasteiger partial charge in [0.2, 0.25) is 16.8 Å². The molecule has 2 aromatic carbocycles. The molecule has 2 aromatic rings. The van der Waals surface area contributed by atoms with Crippen molar-refractivity contribution in [3.63, 3.8) is 0 Å². The molecule has 126 valence electrons. The molecule has 0 aliphatic carbocycles. The third kappa shape index (κ3) is 2.57. The molecule has 0 saturated carbocycles. The summed E-state index contributed by atoms with van der Waals surface area (Å²) in [6, 6.07) is 8.06. The van der Waals surface area contributed by atoms with E-state index >= 15 is 0 Å². The standard InChI is InChI=1S/C15H11Cl2NO5S/c16-10-4-11(17)15-14(5-10)24(19,20)18(7-21-15)6-9-1-2-12-13(3-9)23-8-22-12/h1-5H,6-8H2. The maximum atomic E-state index is 12.8. The van der Waals surface area contributed by atoms with Gasteiger partial charge in [0.25, 0.3) is 0 Å². The average molecular weight is 388 g/mol. The Balaban J connectivity index is 1.68. The van der Waals surface area contributed by atoms with Gasteiger partial charge >= 0.3 is 0 Å². The summed E-state index contributed by atoms with van der Waals surface area (Å²) < 4.78 is 42.9. The number of rotatable bonds is 2. The second-order valence-corrected chi connectivity index (χ2v) is 8.04. The van der Waals surface area contributed by atoms with Crippen LogP contribution in [0.4, 0.5) is 0 Å². The molecule has 6 nitrogen and oxygen atoms in total. The molecule has 2 heterocycles. The van der Waals surface area contributed by atoms with Crippen LogP contribution in [0.2, 0.25) is 10.0 Å². The number of fused-ring (bicyclic) bond motifs is 2. The molecular formula is C15H11Cl2NO5S. The van der Waals surface area contributed by atoms with E-state index in [2.05, 4.69) is 0 Å². The minimum atomic E-state index is -3.77. The number of ether oxygens (including phenoxy) is 3. The largest absolute Gasteiger partial charge is 0.474 e. The van der Waals surface area contributed by atoms with Gasteiger partial charge in [-0.15, -0.1) is 0 Å². The molecule has 0 aromatic heterocycles. The number of nitrogens with zero attached hydrogens (tertiary/aromatic N) is 1. The minimum absolute atomic E-state index is 0.0352. The smallest absolute Gasteiger partial charge is 0.249 e. The van der Waals surface area contributed by atoms with E-state index in [1.165, 1.54) is 16.4 Å². The Bertz CT molecular complexity index is 932. The van der Waals surface area contributed by atoms with Crippen molar-refractivity contribution in [2.75, 3.05) is 13.5 Å². The summed E-state index contributed by atoms with van der Waals surface area (Å²) in [4.78, 5) is -0.0352. The molecule has 0 saturated heterocycles. The van der Waals surface area contributed by atoms with E-state index in [1.54, 1.807) is 18.2 Å². The topological polar surface area (TPSA) is 65.1 Å². The van der Waals surface area contributed by atoms with Crippen LogP contribution >= 0.6 is 23.2 Å². The fourth-order valence-corrected chi connectivity index (χ4v) is 4.72. The zero-order valence-electron chi connectivity index (χ0n) is 12.2. The predicted octanol–water partition coefficient (Wildman–Crippen LogP) is 3.26. The molecule has 0 spiro atoms. The SMILES string of the molecule is O=S1(=O)c2cc(Cl)cc(Cl)c2OCN1Cc1ccc2c(c1)OCO2. The highest BCUT2D eigenvalue weighted by atomic mass is 35.5.